The number of carbonyl (C=O) groups is 2. The van der Waals surface area contributed by atoms with Gasteiger partial charge >= 0.3 is 0 Å². The maximum absolute atomic E-state index is 12.9. The molecule has 0 bridgehead atoms. The predicted molar refractivity (Wildman–Crippen MR) is 97.2 cm³/mol. The highest BCUT2D eigenvalue weighted by Gasteiger charge is 2.26. The zero-order valence-electron chi connectivity index (χ0n) is 16.0. The highest BCUT2D eigenvalue weighted by atomic mass is 16.5. The van der Waals surface area contributed by atoms with Gasteiger partial charge in [0.1, 0.15) is 11.5 Å². The first-order chi connectivity index (χ1) is 12.5. The van der Waals surface area contributed by atoms with Gasteiger partial charge < -0.3 is 24.1 Å². The number of hydrogen-bond acceptors (Lipinski definition) is 5. The second-order valence-electron chi connectivity index (χ2n) is 6.66. The molecular formula is C19H30N2O5. The summed E-state index contributed by atoms with van der Waals surface area (Å²) in [5.74, 6) is 1.14. The molecule has 1 aliphatic rings. The Morgan fingerprint density at radius 1 is 1.38 bits per heavy atom. The van der Waals surface area contributed by atoms with E-state index >= 15 is 0 Å². The normalized spacial score (nSPS) is 16.7. The molecule has 0 spiro atoms. The van der Waals surface area contributed by atoms with Crippen LogP contribution in [0.5, 0.6) is 0 Å². The fraction of sp³-hybridized carbons (Fsp3) is 0.684. The van der Waals surface area contributed by atoms with Crippen LogP contribution in [0.1, 0.15) is 47.6 Å². The third-order valence-electron chi connectivity index (χ3n) is 4.46. The summed E-state index contributed by atoms with van der Waals surface area (Å²) in [6.07, 6.45) is 3.03. The number of ether oxygens (including phenoxy) is 2. The second kappa shape index (κ2) is 10.3. The van der Waals surface area contributed by atoms with Crippen LogP contribution in [-0.2, 0) is 14.3 Å². The minimum absolute atomic E-state index is 0.0389. The van der Waals surface area contributed by atoms with Crippen molar-refractivity contribution in [3.8, 4) is 0 Å². The fourth-order valence-corrected chi connectivity index (χ4v) is 3.09. The van der Waals surface area contributed by atoms with E-state index in [1.165, 1.54) is 0 Å². The van der Waals surface area contributed by atoms with Gasteiger partial charge in [-0.1, -0.05) is 0 Å². The molecule has 0 aromatic carbocycles. The summed E-state index contributed by atoms with van der Waals surface area (Å²) < 4.78 is 16.1. The lowest BCUT2D eigenvalue weighted by Crippen LogP contribution is -2.40. The molecule has 1 N–H and O–H groups in total. The summed E-state index contributed by atoms with van der Waals surface area (Å²) >= 11 is 0. The Balaban J connectivity index is 1.93. The van der Waals surface area contributed by atoms with E-state index in [4.69, 9.17) is 13.9 Å². The van der Waals surface area contributed by atoms with Crippen molar-refractivity contribution >= 4 is 11.8 Å². The first-order valence-corrected chi connectivity index (χ1v) is 9.24. The molecule has 1 aliphatic heterocycles. The van der Waals surface area contributed by atoms with E-state index in [2.05, 4.69) is 5.32 Å². The Bertz CT molecular complexity index is 593. The van der Waals surface area contributed by atoms with Crippen LogP contribution in [0.4, 0.5) is 0 Å². The third kappa shape index (κ3) is 6.14. The van der Waals surface area contributed by atoms with Crippen molar-refractivity contribution in [2.75, 3.05) is 40.0 Å². The average molecular weight is 366 g/mol. The van der Waals surface area contributed by atoms with Gasteiger partial charge in [-0.3, -0.25) is 9.59 Å². The standard InChI is InChI=1S/C19H30N2O5/c1-14-12-17(15(2)26-14)19(23)21(13-16-6-4-11-25-16)9-7-18(22)20-8-5-10-24-3/h12,16H,4-11,13H2,1-3H3,(H,20,22). The third-order valence-corrected chi connectivity index (χ3v) is 4.46. The Hall–Kier alpha value is -1.86. The predicted octanol–water partition coefficient (Wildman–Crippen LogP) is 2.06. The van der Waals surface area contributed by atoms with Crippen LogP contribution in [0.3, 0.4) is 0 Å². The number of carbonyl (C=O) groups excluding carboxylic acids is 2. The van der Waals surface area contributed by atoms with E-state index in [-0.39, 0.29) is 24.3 Å². The largest absolute Gasteiger partial charge is 0.466 e. The van der Waals surface area contributed by atoms with E-state index in [9.17, 15) is 9.59 Å². The molecule has 1 aromatic rings. The van der Waals surface area contributed by atoms with Crippen LogP contribution in [0.2, 0.25) is 0 Å². The van der Waals surface area contributed by atoms with Gasteiger partial charge in [0.25, 0.3) is 5.91 Å². The number of nitrogens with one attached hydrogen (secondary N) is 1. The molecule has 1 unspecified atom stereocenters. The summed E-state index contributed by atoms with van der Waals surface area (Å²) in [7, 11) is 1.63. The summed E-state index contributed by atoms with van der Waals surface area (Å²) in [5, 5.41) is 2.85. The van der Waals surface area contributed by atoms with Crippen molar-refractivity contribution in [3.63, 3.8) is 0 Å². The van der Waals surface area contributed by atoms with Gasteiger partial charge in [-0.25, -0.2) is 0 Å². The number of furan rings is 1. The van der Waals surface area contributed by atoms with Crippen LogP contribution in [0.15, 0.2) is 10.5 Å². The average Bonchev–Trinajstić information content (AvgIpc) is 3.24. The molecular weight excluding hydrogens is 336 g/mol. The molecule has 0 aliphatic carbocycles. The van der Waals surface area contributed by atoms with Crippen LogP contribution in [-0.4, -0.2) is 62.8 Å². The van der Waals surface area contributed by atoms with Gasteiger partial charge in [-0.05, 0) is 39.2 Å². The Morgan fingerprint density at radius 2 is 2.19 bits per heavy atom. The molecule has 7 heteroatoms. The molecule has 2 heterocycles. The Morgan fingerprint density at radius 3 is 2.81 bits per heavy atom. The van der Waals surface area contributed by atoms with Crippen molar-refractivity contribution in [3.05, 3.63) is 23.2 Å². The fourth-order valence-electron chi connectivity index (χ4n) is 3.09. The van der Waals surface area contributed by atoms with E-state index in [0.717, 1.165) is 25.9 Å². The number of methoxy groups -OCH3 is 1. The first-order valence-electron chi connectivity index (χ1n) is 9.24. The van der Waals surface area contributed by atoms with Crippen molar-refractivity contribution < 1.29 is 23.5 Å². The lowest BCUT2D eigenvalue weighted by Gasteiger charge is -2.25. The number of hydrogen-bond donors (Lipinski definition) is 1. The maximum Gasteiger partial charge on any atom is 0.257 e. The van der Waals surface area contributed by atoms with Gasteiger partial charge in [0.05, 0.1) is 11.7 Å². The molecule has 2 rings (SSSR count). The van der Waals surface area contributed by atoms with Gasteiger partial charge in [-0.2, -0.15) is 0 Å². The van der Waals surface area contributed by atoms with Crippen LogP contribution < -0.4 is 5.32 Å². The molecule has 1 saturated heterocycles. The summed E-state index contributed by atoms with van der Waals surface area (Å²) in [6, 6.07) is 1.75. The molecule has 26 heavy (non-hydrogen) atoms. The molecule has 1 fully saturated rings. The van der Waals surface area contributed by atoms with Crippen molar-refractivity contribution in [2.45, 2.75) is 45.6 Å². The van der Waals surface area contributed by atoms with Gasteiger partial charge in [-0.15, -0.1) is 0 Å². The number of aryl methyl sites for hydroxylation is 2. The van der Waals surface area contributed by atoms with Crippen LogP contribution in [0.25, 0.3) is 0 Å². The van der Waals surface area contributed by atoms with Gasteiger partial charge in [0.2, 0.25) is 5.91 Å². The summed E-state index contributed by atoms with van der Waals surface area (Å²) in [6.45, 7) is 6.39. The lowest BCUT2D eigenvalue weighted by molar-refractivity contribution is -0.121. The number of rotatable bonds is 10. The van der Waals surface area contributed by atoms with Gasteiger partial charge in [0.15, 0.2) is 0 Å². The van der Waals surface area contributed by atoms with E-state index in [1.54, 1.807) is 25.0 Å². The monoisotopic (exact) mass is 366 g/mol. The SMILES string of the molecule is COCCCNC(=O)CCN(CC1CCCO1)C(=O)c1cc(C)oc1C. The van der Waals surface area contributed by atoms with E-state index < -0.39 is 0 Å². The Kier molecular flexibility index (Phi) is 8.12. The van der Waals surface area contributed by atoms with Crippen molar-refractivity contribution in [2.24, 2.45) is 0 Å². The van der Waals surface area contributed by atoms with Crippen molar-refractivity contribution in [1.29, 1.82) is 0 Å². The summed E-state index contributed by atoms with van der Waals surface area (Å²) in [5.41, 5.74) is 0.556. The summed E-state index contributed by atoms with van der Waals surface area (Å²) in [4.78, 5) is 26.7. The molecule has 7 nitrogen and oxygen atoms in total. The molecule has 0 radical (unpaired) electrons. The minimum Gasteiger partial charge on any atom is -0.466 e. The lowest BCUT2D eigenvalue weighted by atomic mass is 10.1. The minimum atomic E-state index is -0.109. The highest BCUT2D eigenvalue weighted by molar-refractivity contribution is 5.95. The van der Waals surface area contributed by atoms with Gasteiger partial charge in [0, 0.05) is 46.4 Å². The second-order valence-corrected chi connectivity index (χ2v) is 6.66. The molecule has 146 valence electrons. The zero-order chi connectivity index (χ0) is 18.9. The molecule has 2 amide bonds. The Labute approximate surface area is 155 Å². The first kappa shape index (κ1) is 20.5. The van der Waals surface area contributed by atoms with Crippen molar-refractivity contribution in [1.82, 2.24) is 10.2 Å². The quantitative estimate of drug-likeness (QED) is 0.641. The molecule has 1 aromatic heterocycles. The van der Waals surface area contributed by atoms with E-state index in [1.807, 2.05) is 6.92 Å². The molecule has 0 saturated carbocycles. The van der Waals surface area contributed by atoms with Crippen LogP contribution >= 0.6 is 0 Å². The van der Waals surface area contributed by atoms with Crippen LogP contribution in [0, 0.1) is 13.8 Å². The smallest absolute Gasteiger partial charge is 0.257 e. The number of nitrogens with zero attached hydrogens (tertiary/aromatic N) is 1. The molecule has 1 atom stereocenters. The maximum atomic E-state index is 12.9. The topological polar surface area (TPSA) is 81.0 Å². The number of amides is 2. The van der Waals surface area contributed by atoms with E-state index in [0.29, 0.717) is 43.3 Å². The highest BCUT2D eigenvalue weighted by Crippen LogP contribution is 2.19. The zero-order valence-corrected chi connectivity index (χ0v) is 16.0.